The summed E-state index contributed by atoms with van der Waals surface area (Å²) >= 11 is 0. The van der Waals surface area contributed by atoms with Crippen LogP contribution in [0.25, 0.3) is 22.3 Å². The van der Waals surface area contributed by atoms with E-state index in [1.807, 2.05) is 0 Å². The lowest BCUT2D eigenvalue weighted by Crippen LogP contribution is -2.60. The molecule has 2 saturated heterocycles. The van der Waals surface area contributed by atoms with Crippen molar-refractivity contribution in [1.82, 2.24) is 0 Å². The molecule has 246 valence electrons. The van der Waals surface area contributed by atoms with Crippen LogP contribution in [0.1, 0.15) is 0 Å². The van der Waals surface area contributed by atoms with E-state index < -0.39 is 103 Å². The molecule has 2 fully saturated rings. The van der Waals surface area contributed by atoms with Crippen molar-refractivity contribution in [1.29, 1.82) is 0 Å². The number of benzene rings is 2. The highest BCUT2D eigenvalue weighted by atomic mass is 16.7. The standard InChI is InChI=1S/C28H32O17/c1-40-12-4-9(2-3-11(12)32)25-26(45-28-24(39)22(37)19(34)16(8-30)44-28)20(35)17-13(41-25)5-10(31)6-14(17)42-27-23(38)21(36)18(33)15(7-29)43-27/h2-6,15-16,18-19,21-24,27-34,36-39H,7-8H2,1H3/t15-,16-,18-,19-,21+,22+,23-,24-,27-,28+/m1/s1. The summed E-state index contributed by atoms with van der Waals surface area (Å²) in [6.45, 7) is -1.57. The molecule has 0 aliphatic carbocycles. The monoisotopic (exact) mass is 640 g/mol. The van der Waals surface area contributed by atoms with Gasteiger partial charge in [-0.15, -0.1) is 0 Å². The van der Waals surface area contributed by atoms with Gasteiger partial charge in [0.1, 0.15) is 71.3 Å². The minimum atomic E-state index is -1.94. The van der Waals surface area contributed by atoms with Gasteiger partial charge in [0.05, 0.1) is 20.3 Å². The molecule has 17 nitrogen and oxygen atoms in total. The van der Waals surface area contributed by atoms with Gasteiger partial charge in [-0.25, -0.2) is 0 Å². The van der Waals surface area contributed by atoms with Crippen LogP contribution < -0.4 is 19.6 Å². The lowest BCUT2D eigenvalue weighted by atomic mass is 9.99. The first-order valence-electron chi connectivity index (χ1n) is 13.6. The molecule has 2 aliphatic rings. The van der Waals surface area contributed by atoms with E-state index in [2.05, 4.69) is 0 Å². The molecule has 10 N–H and O–H groups in total. The van der Waals surface area contributed by atoms with Gasteiger partial charge in [-0.1, -0.05) is 0 Å². The summed E-state index contributed by atoms with van der Waals surface area (Å²) in [5.74, 6) is -2.32. The minimum Gasteiger partial charge on any atom is -0.508 e. The van der Waals surface area contributed by atoms with Crippen molar-refractivity contribution in [2.75, 3.05) is 20.3 Å². The van der Waals surface area contributed by atoms with Crippen molar-refractivity contribution < 1.29 is 79.2 Å². The molecule has 0 spiro atoms. The van der Waals surface area contributed by atoms with Gasteiger partial charge in [0.25, 0.3) is 0 Å². The molecule has 3 heterocycles. The van der Waals surface area contributed by atoms with Crippen LogP contribution in [-0.4, -0.2) is 133 Å². The largest absolute Gasteiger partial charge is 0.508 e. The van der Waals surface area contributed by atoms with Crippen LogP contribution in [-0.2, 0) is 9.47 Å². The molecular weight excluding hydrogens is 608 g/mol. The number of fused-ring (bicyclic) bond motifs is 1. The second-order valence-corrected chi connectivity index (χ2v) is 10.4. The Morgan fingerprint density at radius 3 is 1.87 bits per heavy atom. The quantitative estimate of drug-likeness (QED) is 0.119. The van der Waals surface area contributed by atoms with Gasteiger partial charge >= 0.3 is 0 Å². The van der Waals surface area contributed by atoms with Crippen molar-refractivity contribution in [2.45, 2.75) is 61.4 Å². The number of aromatic hydroxyl groups is 2. The Balaban J connectivity index is 1.67. The van der Waals surface area contributed by atoms with E-state index in [9.17, 15) is 55.9 Å². The Morgan fingerprint density at radius 2 is 1.31 bits per heavy atom. The second-order valence-electron chi connectivity index (χ2n) is 10.4. The summed E-state index contributed by atoms with van der Waals surface area (Å²) in [7, 11) is 1.27. The number of phenolic OH excluding ortho intramolecular Hbond substituents is 2. The maximum absolute atomic E-state index is 14.2. The van der Waals surface area contributed by atoms with Crippen LogP contribution in [0.15, 0.2) is 39.5 Å². The highest BCUT2D eigenvalue weighted by Gasteiger charge is 2.46. The van der Waals surface area contributed by atoms with Gasteiger partial charge < -0.3 is 79.2 Å². The highest BCUT2D eigenvalue weighted by molar-refractivity contribution is 5.88. The molecule has 17 heteroatoms. The Morgan fingerprint density at radius 1 is 0.733 bits per heavy atom. The lowest BCUT2D eigenvalue weighted by molar-refractivity contribution is -0.277. The van der Waals surface area contributed by atoms with Gasteiger partial charge in [-0.2, -0.15) is 0 Å². The van der Waals surface area contributed by atoms with Gasteiger partial charge in [-0.3, -0.25) is 4.79 Å². The molecule has 5 rings (SSSR count). The Hall–Kier alpha value is -3.75. The maximum Gasteiger partial charge on any atom is 0.239 e. The van der Waals surface area contributed by atoms with Crippen LogP contribution in [0.2, 0.25) is 0 Å². The molecule has 0 bridgehead atoms. The summed E-state index contributed by atoms with van der Waals surface area (Å²) in [5, 5.41) is 101. The fourth-order valence-electron chi connectivity index (χ4n) is 5.03. The van der Waals surface area contributed by atoms with Gasteiger partial charge in [0, 0.05) is 17.7 Å². The first-order valence-corrected chi connectivity index (χ1v) is 13.6. The summed E-state index contributed by atoms with van der Waals surface area (Å²) in [4.78, 5) is 14.2. The number of rotatable bonds is 8. The molecule has 0 saturated carbocycles. The van der Waals surface area contributed by atoms with Crippen LogP contribution in [0.5, 0.6) is 28.7 Å². The van der Waals surface area contributed by atoms with Crippen molar-refractivity contribution in [3.63, 3.8) is 0 Å². The van der Waals surface area contributed by atoms with Gasteiger partial charge in [0.15, 0.2) is 17.3 Å². The average Bonchev–Trinajstić information content (AvgIpc) is 3.02. The first kappa shape index (κ1) is 32.6. The SMILES string of the molecule is COc1cc(-c2oc3cc(O)cc(O[C@@H]4O[C@H](CO)[C@@H](O)[C@H](O)[C@H]4O)c3c(=O)c2O[C@@H]2O[C@H](CO)[C@@H](O)[C@H](O)[C@H]2O)ccc1O. The normalized spacial score (nSPS) is 31.9. The number of hydrogen-bond acceptors (Lipinski definition) is 17. The topological polar surface area (TPSA) is 279 Å². The van der Waals surface area contributed by atoms with E-state index in [-0.39, 0.29) is 28.4 Å². The van der Waals surface area contributed by atoms with Crippen LogP contribution >= 0.6 is 0 Å². The summed E-state index contributed by atoms with van der Waals surface area (Å²) in [6.07, 6.45) is -17.4. The third-order valence-corrected chi connectivity index (χ3v) is 7.52. The molecule has 2 aromatic carbocycles. The molecule has 1 aromatic heterocycles. The van der Waals surface area contributed by atoms with E-state index in [1.54, 1.807) is 0 Å². The number of ether oxygens (including phenoxy) is 5. The Bertz CT molecular complexity index is 1570. The van der Waals surface area contributed by atoms with E-state index in [0.29, 0.717) is 0 Å². The maximum atomic E-state index is 14.2. The molecule has 3 aromatic rings. The average molecular weight is 641 g/mol. The molecule has 0 unspecified atom stereocenters. The number of aliphatic hydroxyl groups is 8. The first-order chi connectivity index (χ1) is 21.4. The number of aliphatic hydroxyl groups excluding tert-OH is 8. The summed E-state index contributed by atoms with van der Waals surface area (Å²) < 4.78 is 33.3. The minimum absolute atomic E-state index is 0.0448. The summed E-state index contributed by atoms with van der Waals surface area (Å²) in [5.41, 5.74) is -1.28. The molecular formula is C28H32O17. The van der Waals surface area contributed by atoms with Gasteiger partial charge in [-0.05, 0) is 18.2 Å². The number of phenols is 2. The van der Waals surface area contributed by atoms with E-state index >= 15 is 0 Å². The highest BCUT2D eigenvalue weighted by Crippen LogP contribution is 2.40. The third-order valence-electron chi connectivity index (χ3n) is 7.52. The predicted octanol–water partition coefficient (Wildman–Crippen LogP) is -2.76. The van der Waals surface area contributed by atoms with Crippen LogP contribution in [0.3, 0.4) is 0 Å². The predicted molar refractivity (Wildman–Crippen MR) is 147 cm³/mol. The lowest BCUT2D eigenvalue weighted by Gasteiger charge is -2.39. The fraction of sp³-hybridized carbons (Fsp3) is 0.464. The zero-order chi connectivity index (χ0) is 32.7. The van der Waals surface area contributed by atoms with Crippen LogP contribution in [0.4, 0.5) is 0 Å². The summed E-state index contributed by atoms with van der Waals surface area (Å²) in [6, 6.07) is 5.79. The molecule has 0 amide bonds. The zero-order valence-corrected chi connectivity index (χ0v) is 23.4. The van der Waals surface area contributed by atoms with E-state index in [4.69, 9.17) is 28.1 Å². The van der Waals surface area contributed by atoms with Crippen LogP contribution in [0, 0.1) is 0 Å². The van der Waals surface area contributed by atoms with Crippen molar-refractivity contribution in [3.05, 3.63) is 40.6 Å². The van der Waals surface area contributed by atoms with Gasteiger partial charge in [0.2, 0.25) is 23.8 Å². The molecule has 45 heavy (non-hydrogen) atoms. The molecule has 0 radical (unpaired) electrons. The number of hydrogen-bond donors (Lipinski definition) is 10. The number of methoxy groups -OCH3 is 1. The zero-order valence-electron chi connectivity index (χ0n) is 23.4. The van der Waals surface area contributed by atoms with Crippen molar-refractivity contribution in [3.8, 4) is 40.1 Å². The molecule has 2 aliphatic heterocycles. The smallest absolute Gasteiger partial charge is 0.239 e. The second kappa shape index (κ2) is 12.9. The van der Waals surface area contributed by atoms with E-state index in [1.165, 1.54) is 25.3 Å². The van der Waals surface area contributed by atoms with Crippen molar-refractivity contribution >= 4 is 11.0 Å². The van der Waals surface area contributed by atoms with Crippen molar-refractivity contribution in [2.24, 2.45) is 0 Å². The molecule has 10 atom stereocenters. The Labute approximate surface area is 252 Å². The third kappa shape index (κ3) is 5.98. The van der Waals surface area contributed by atoms with E-state index in [0.717, 1.165) is 12.1 Å². The fourth-order valence-corrected chi connectivity index (χ4v) is 5.03. The Kier molecular flexibility index (Phi) is 9.38.